The number of rotatable bonds is 6. The highest BCUT2D eigenvalue weighted by Gasteiger charge is 2.32. The molecule has 0 aliphatic heterocycles. The minimum Gasteiger partial charge on any atom is -0.459 e. The van der Waals surface area contributed by atoms with Gasteiger partial charge < -0.3 is 15.1 Å². The van der Waals surface area contributed by atoms with E-state index in [9.17, 15) is 14.9 Å². The Kier molecular flexibility index (Phi) is 7.39. The van der Waals surface area contributed by atoms with Gasteiger partial charge in [0, 0.05) is 15.5 Å². The molecular formula is C27H29N3O3S2. The minimum atomic E-state index is -0.390. The van der Waals surface area contributed by atoms with Crippen molar-refractivity contribution in [3.05, 3.63) is 64.4 Å². The third-order valence-electron chi connectivity index (χ3n) is 6.36. The number of nitrogens with one attached hydrogen (secondary N) is 2. The van der Waals surface area contributed by atoms with Gasteiger partial charge in [-0.15, -0.1) is 23.1 Å². The zero-order chi connectivity index (χ0) is 25.2. The highest BCUT2D eigenvalue weighted by Crippen LogP contribution is 2.44. The van der Waals surface area contributed by atoms with Crippen molar-refractivity contribution >= 4 is 45.6 Å². The molecule has 6 nitrogen and oxygen atoms in total. The molecule has 2 amide bonds. The molecule has 1 aliphatic rings. The lowest BCUT2D eigenvalue weighted by Gasteiger charge is -2.33. The van der Waals surface area contributed by atoms with E-state index in [0.29, 0.717) is 22.2 Å². The van der Waals surface area contributed by atoms with E-state index >= 15 is 0 Å². The predicted molar refractivity (Wildman–Crippen MR) is 141 cm³/mol. The number of carbonyl (C=O) groups excluding carboxylic acids is 2. The third-order valence-corrected chi connectivity index (χ3v) is 8.62. The van der Waals surface area contributed by atoms with Gasteiger partial charge in [0.25, 0.3) is 5.91 Å². The first-order valence-electron chi connectivity index (χ1n) is 11.6. The summed E-state index contributed by atoms with van der Waals surface area (Å²) in [5.74, 6) is 0.320. The number of thiophene rings is 1. The molecule has 2 unspecified atom stereocenters. The molecule has 8 heteroatoms. The molecule has 35 heavy (non-hydrogen) atoms. The van der Waals surface area contributed by atoms with Gasteiger partial charge in [0.2, 0.25) is 5.91 Å². The van der Waals surface area contributed by atoms with E-state index in [1.807, 2.05) is 25.1 Å². The molecule has 1 aliphatic carbocycles. The fraction of sp³-hybridized carbons (Fsp3) is 0.370. The first-order valence-corrected chi connectivity index (χ1v) is 13.3. The number of thioether (sulfide) groups is 1. The fourth-order valence-corrected chi connectivity index (χ4v) is 6.46. The summed E-state index contributed by atoms with van der Waals surface area (Å²) in [5.41, 5.74) is 2.56. The lowest BCUT2D eigenvalue weighted by Crippen LogP contribution is -2.26. The van der Waals surface area contributed by atoms with Crippen LogP contribution in [0.2, 0.25) is 0 Å². The number of benzene rings is 1. The van der Waals surface area contributed by atoms with Gasteiger partial charge in [-0.2, -0.15) is 5.26 Å². The Morgan fingerprint density at radius 3 is 2.71 bits per heavy atom. The molecule has 0 spiro atoms. The van der Waals surface area contributed by atoms with Crippen LogP contribution in [0.1, 0.15) is 60.7 Å². The van der Waals surface area contributed by atoms with Gasteiger partial charge in [0.1, 0.15) is 11.1 Å². The Morgan fingerprint density at radius 2 is 2.03 bits per heavy atom. The largest absolute Gasteiger partial charge is 0.459 e. The summed E-state index contributed by atoms with van der Waals surface area (Å²) in [6, 6.07) is 12.9. The number of fused-ring (bicyclic) bond motifs is 1. The van der Waals surface area contributed by atoms with Crippen LogP contribution in [-0.4, -0.2) is 17.1 Å². The van der Waals surface area contributed by atoms with Crippen LogP contribution in [0, 0.1) is 22.7 Å². The molecule has 0 saturated carbocycles. The molecule has 3 aromatic rings. The van der Waals surface area contributed by atoms with Gasteiger partial charge in [-0.1, -0.05) is 26.8 Å². The summed E-state index contributed by atoms with van der Waals surface area (Å²) in [7, 11) is 0. The van der Waals surface area contributed by atoms with Crippen molar-refractivity contribution in [2.45, 2.75) is 57.1 Å². The van der Waals surface area contributed by atoms with E-state index in [1.54, 1.807) is 29.5 Å². The lowest BCUT2D eigenvalue weighted by molar-refractivity contribution is -0.115. The number of hydrogen-bond acceptors (Lipinski definition) is 6. The van der Waals surface area contributed by atoms with Crippen molar-refractivity contribution in [2.75, 3.05) is 10.6 Å². The van der Waals surface area contributed by atoms with E-state index < -0.39 is 0 Å². The number of furan rings is 1. The van der Waals surface area contributed by atoms with Crippen molar-refractivity contribution in [1.82, 2.24) is 0 Å². The number of anilines is 2. The van der Waals surface area contributed by atoms with E-state index in [0.717, 1.165) is 29.7 Å². The molecule has 0 radical (unpaired) electrons. The lowest BCUT2D eigenvalue weighted by atomic mass is 9.72. The SMILES string of the molecule is CC(Sc1cccc(NC(=O)c2ccco2)c1)C(=O)Nc1sc2c(c1C#N)CCC(C(C)(C)C)C2. The second-order valence-electron chi connectivity index (χ2n) is 9.83. The van der Waals surface area contributed by atoms with Crippen LogP contribution < -0.4 is 10.6 Å². The first kappa shape index (κ1) is 25.1. The van der Waals surface area contributed by atoms with Crippen LogP contribution in [0.4, 0.5) is 10.7 Å². The Hall–Kier alpha value is -3.02. The molecule has 1 aromatic carbocycles. The standard InChI is InChI=1S/C27H29N3O3S2/c1-16(34-19-8-5-7-18(14-19)29-25(32)22-9-6-12-33-22)24(31)30-26-21(15-28)20-11-10-17(27(2,3)4)13-23(20)35-26/h5-9,12,14,16-17H,10-11,13H2,1-4H3,(H,29,32)(H,30,31). The number of carbonyl (C=O) groups is 2. The van der Waals surface area contributed by atoms with Crippen molar-refractivity contribution in [2.24, 2.45) is 11.3 Å². The first-order chi connectivity index (χ1) is 16.7. The van der Waals surface area contributed by atoms with Gasteiger partial charge in [0.05, 0.1) is 17.1 Å². The monoisotopic (exact) mass is 507 g/mol. The van der Waals surface area contributed by atoms with Crippen molar-refractivity contribution in [3.63, 3.8) is 0 Å². The highest BCUT2D eigenvalue weighted by atomic mass is 32.2. The maximum atomic E-state index is 13.0. The Bertz CT molecular complexity index is 1270. The second kappa shape index (κ2) is 10.3. The molecule has 0 saturated heterocycles. The molecular weight excluding hydrogens is 478 g/mol. The molecule has 2 heterocycles. The van der Waals surface area contributed by atoms with Crippen LogP contribution in [0.5, 0.6) is 0 Å². The summed E-state index contributed by atoms with van der Waals surface area (Å²) in [4.78, 5) is 27.3. The van der Waals surface area contributed by atoms with Gasteiger partial charge in [0.15, 0.2) is 5.76 Å². The smallest absolute Gasteiger partial charge is 0.291 e. The summed E-state index contributed by atoms with van der Waals surface area (Å²) >= 11 is 2.94. The maximum absolute atomic E-state index is 13.0. The molecule has 4 rings (SSSR count). The Morgan fingerprint density at radius 1 is 1.23 bits per heavy atom. The van der Waals surface area contributed by atoms with E-state index in [4.69, 9.17) is 4.42 Å². The summed E-state index contributed by atoms with van der Waals surface area (Å²) in [5, 5.41) is 15.9. The van der Waals surface area contributed by atoms with Crippen LogP contribution in [-0.2, 0) is 17.6 Å². The molecule has 182 valence electrons. The van der Waals surface area contributed by atoms with Crippen molar-refractivity contribution < 1.29 is 14.0 Å². The van der Waals surface area contributed by atoms with Crippen LogP contribution in [0.3, 0.4) is 0 Å². The van der Waals surface area contributed by atoms with Crippen LogP contribution in [0.25, 0.3) is 0 Å². The minimum absolute atomic E-state index is 0.150. The number of amides is 2. The van der Waals surface area contributed by atoms with Gasteiger partial charge in [-0.05, 0) is 73.4 Å². The fourth-order valence-electron chi connectivity index (χ4n) is 4.25. The van der Waals surface area contributed by atoms with Crippen LogP contribution in [0.15, 0.2) is 52.0 Å². The quantitative estimate of drug-likeness (QED) is 0.361. The summed E-state index contributed by atoms with van der Waals surface area (Å²) < 4.78 is 5.13. The highest BCUT2D eigenvalue weighted by molar-refractivity contribution is 8.00. The Balaban J connectivity index is 1.42. The molecule has 0 bridgehead atoms. The average molecular weight is 508 g/mol. The summed E-state index contributed by atoms with van der Waals surface area (Å²) in [6.07, 6.45) is 4.35. The maximum Gasteiger partial charge on any atom is 0.291 e. The number of nitrogens with zero attached hydrogens (tertiary/aromatic N) is 1. The normalized spacial score (nSPS) is 16.1. The third kappa shape index (κ3) is 5.80. The molecule has 0 fully saturated rings. The zero-order valence-electron chi connectivity index (χ0n) is 20.3. The van der Waals surface area contributed by atoms with Crippen molar-refractivity contribution in [3.8, 4) is 6.07 Å². The molecule has 2 aromatic heterocycles. The van der Waals surface area contributed by atoms with Gasteiger partial charge >= 0.3 is 0 Å². The molecule has 2 atom stereocenters. The molecule has 2 N–H and O–H groups in total. The van der Waals surface area contributed by atoms with Crippen LogP contribution >= 0.6 is 23.1 Å². The summed E-state index contributed by atoms with van der Waals surface area (Å²) in [6.45, 7) is 8.63. The predicted octanol–water partition coefficient (Wildman–Crippen LogP) is 6.74. The Labute approximate surface area is 214 Å². The second-order valence-corrected chi connectivity index (χ2v) is 12.4. The van der Waals surface area contributed by atoms with E-state index in [1.165, 1.54) is 22.9 Å². The van der Waals surface area contributed by atoms with Gasteiger partial charge in [-0.25, -0.2) is 0 Å². The van der Waals surface area contributed by atoms with Gasteiger partial charge in [-0.3, -0.25) is 9.59 Å². The zero-order valence-corrected chi connectivity index (χ0v) is 21.9. The topological polar surface area (TPSA) is 95.1 Å². The van der Waals surface area contributed by atoms with E-state index in [-0.39, 0.29) is 28.2 Å². The number of hydrogen-bond donors (Lipinski definition) is 2. The van der Waals surface area contributed by atoms with Crippen molar-refractivity contribution in [1.29, 1.82) is 5.26 Å². The average Bonchev–Trinajstić information content (AvgIpc) is 3.46. The number of nitriles is 1. The van der Waals surface area contributed by atoms with E-state index in [2.05, 4.69) is 37.5 Å².